The van der Waals surface area contributed by atoms with Crippen molar-refractivity contribution in [2.24, 2.45) is 10.9 Å². The Kier molecular flexibility index (Phi) is 3.47. The lowest BCUT2D eigenvalue weighted by atomic mass is 10.3. The van der Waals surface area contributed by atoms with Gasteiger partial charge in [0.25, 0.3) is 0 Å². The van der Waals surface area contributed by atoms with Gasteiger partial charge in [0.05, 0.1) is 18.8 Å². The SMILES string of the molecule is COC1CN(C/C(N)=N/O)CC1O. The van der Waals surface area contributed by atoms with Gasteiger partial charge in [0.1, 0.15) is 0 Å². The van der Waals surface area contributed by atoms with E-state index in [0.717, 1.165) is 0 Å². The van der Waals surface area contributed by atoms with Crippen molar-refractivity contribution in [1.29, 1.82) is 0 Å². The molecule has 2 atom stereocenters. The third-order valence-electron chi connectivity index (χ3n) is 2.13. The minimum absolute atomic E-state index is 0.143. The molecule has 0 spiro atoms. The predicted molar refractivity (Wildman–Crippen MR) is 46.7 cm³/mol. The Balaban J connectivity index is 2.40. The van der Waals surface area contributed by atoms with Gasteiger partial charge in [-0.25, -0.2) is 0 Å². The quantitative estimate of drug-likeness (QED) is 0.216. The van der Waals surface area contributed by atoms with Gasteiger partial charge in [0, 0.05) is 20.2 Å². The Labute approximate surface area is 76.6 Å². The molecule has 6 heteroatoms. The van der Waals surface area contributed by atoms with Crippen molar-refractivity contribution in [3.8, 4) is 0 Å². The zero-order valence-corrected chi connectivity index (χ0v) is 7.55. The lowest BCUT2D eigenvalue weighted by Crippen LogP contribution is -2.33. The van der Waals surface area contributed by atoms with Crippen molar-refractivity contribution in [3.05, 3.63) is 0 Å². The van der Waals surface area contributed by atoms with Gasteiger partial charge in [-0.05, 0) is 0 Å². The normalized spacial score (nSPS) is 31.1. The van der Waals surface area contributed by atoms with Crippen LogP contribution < -0.4 is 5.73 Å². The number of nitrogens with two attached hydrogens (primary N) is 1. The molecular formula is C7H15N3O3. The molecule has 0 amide bonds. The maximum absolute atomic E-state index is 9.44. The van der Waals surface area contributed by atoms with E-state index in [0.29, 0.717) is 19.6 Å². The second kappa shape index (κ2) is 4.40. The van der Waals surface area contributed by atoms with E-state index in [-0.39, 0.29) is 11.9 Å². The molecule has 4 N–H and O–H groups in total. The summed E-state index contributed by atoms with van der Waals surface area (Å²) in [6.07, 6.45) is -0.664. The van der Waals surface area contributed by atoms with Gasteiger partial charge >= 0.3 is 0 Å². The molecule has 6 nitrogen and oxygen atoms in total. The summed E-state index contributed by atoms with van der Waals surface area (Å²) in [6.45, 7) is 1.45. The lowest BCUT2D eigenvalue weighted by molar-refractivity contribution is 0.0215. The highest BCUT2D eigenvalue weighted by Gasteiger charge is 2.31. The molecule has 0 saturated carbocycles. The van der Waals surface area contributed by atoms with Crippen molar-refractivity contribution >= 4 is 5.84 Å². The van der Waals surface area contributed by atoms with E-state index in [9.17, 15) is 5.11 Å². The topological polar surface area (TPSA) is 91.3 Å². The number of likely N-dealkylation sites (tertiary alicyclic amines) is 1. The number of methoxy groups -OCH3 is 1. The van der Waals surface area contributed by atoms with Gasteiger partial charge in [-0.3, -0.25) is 4.90 Å². The molecule has 76 valence electrons. The number of β-amino-alcohol motifs (C(OH)–C–C–N with tert-alkyl or cyclic N) is 1. The molecule has 1 fully saturated rings. The third-order valence-corrected chi connectivity index (χ3v) is 2.13. The number of hydrogen-bond donors (Lipinski definition) is 3. The summed E-state index contributed by atoms with van der Waals surface area (Å²) in [4.78, 5) is 1.87. The van der Waals surface area contributed by atoms with Crippen LogP contribution in [0.2, 0.25) is 0 Å². The summed E-state index contributed by atoms with van der Waals surface area (Å²) in [6, 6.07) is 0. The summed E-state index contributed by atoms with van der Waals surface area (Å²) in [7, 11) is 1.56. The molecule has 1 aliphatic rings. The molecule has 13 heavy (non-hydrogen) atoms. The van der Waals surface area contributed by atoms with Crippen LogP contribution in [0.1, 0.15) is 0 Å². The third kappa shape index (κ3) is 2.55. The first-order valence-corrected chi connectivity index (χ1v) is 4.07. The highest BCUT2D eigenvalue weighted by atomic mass is 16.5. The molecule has 1 saturated heterocycles. The molecule has 1 aliphatic heterocycles. The highest BCUT2D eigenvalue weighted by Crippen LogP contribution is 2.11. The van der Waals surface area contributed by atoms with E-state index in [1.54, 1.807) is 7.11 Å². The van der Waals surface area contributed by atoms with E-state index in [1.165, 1.54) is 0 Å². The Bertz CT molecular complexity index is 197. The fourth-order valence-corrected chi connectivity index (χ4v) is 1.45. The molecule has 0 aliphatic carbocycles. The number of nitrogens with zero attached hydrogens (tertiary/aromatic N) is 2. The first-order chi connectivity index (χ1) is 6.17. The fourth-order valence-electron chi connectivity index (χ4n) is 1.45. The average Bonchev–Trinajstić information content (AvgIpc) is 2.46. The van der Waals surface area contributed by atoms with Gasteiger partial charge < -0.3 is 20.8 Å². The van der Waals surface area contributed by atoms with Crippen molar-refractivity contribution in [2.75, 3.05) is 26.7 Å². The Morgan fingerprint density at radius 2 is 2.38 bits per heavy atom. The number of hydrogen-bond acceptors (Lipinski definition) is 5. The minimum atomic E-state index is -0.489. The number of amidine groups is 1. The molecular weight excluding hydrogens is 174 g/mol. The van der Waals surface area contributed by atoms with Gasteiger partial charge in [-0.15, -0.1) is 0 Å². The fraction of sp³-hybridized carbons (Fsp3) is 0.857. The summed E-state index contributed by atoms with van der Waals surface area (Å²) < 4.78 is 5.03. The van der Waals surface area contributed by atoms with Crippen LogP contribution in [-0.2, 0) is 4.74 Å². The van der Waals surface area contributed by atoms with Crippen molar-refractivity contribution in [1.82, 2.24) is 4.90 Å². The van der Waals surface area contributed by atoms with Crippen LogP contribution in [0.3, 0.4) is 0 Å². The molecule has 0 aromatic rings. The number of ether oxygens (including phenoxy) is 1. The summed E-state index contributed by atoms with van der Waals surface area (Å²) in [5, 5.41) is 20.6. The minimum Gasteiger partial charge on any atom is -0.409 e. The van der Waals surface area contributed by atoms with E-state index in [4.69, 9.17) is 15.7 Å². The zero-order valence-electron chi connectivity index (χ0n) is 7.55. The van der Waals surface area contributed by atoms with E-state index in [2.05, 4.69) is 5.16 Å². The average molecular weight is 189 g/mol. The van der Waals surface area contributed by atoms with Gasteiger partial charge in [0.2, 0.25) is 0 Å². The second-order valence-corrected chi connectivity index (χ2v) is 3.13. The van der Waals surface area contributed by atoms with Crippen LogP contribution in [0.15, 0.2) is 5.16 Å². The molecule has 0 aromatic carbocycles. The van der Waals surface area contributed by atoms with Crippen LogP contribution in [0.25, 0.3) is 0 Å². The molecule has 1 rings (SSSR count). The maximum Gasteiger partial charge on any atom is 0.153 e. The van der Waals surface area contributed by atoms with Crippen LogP contribution in [0, 0.1) is 0 Å². The summed E-state index contributed by atoms with van der Waals surface area (Å²) in [5.74, 6) is 0.143. The molecule has 1 heterocycles. The number of oxime groups is 1. The van der Waals surface area contributed by atoms with Crippen molar-refractivity contribution < 1.29 is 15.1 Å². The van der Waals surface area contributed by atoms with Crippen molar-refractivity contribution in [2.45, 2.75) is 12.2 Å². The molecule has 2 unspecified atom stereocenters. The van der Waals surface area contributed by atoms with Crippen molar-refractivity contribution in [3.63, 3.8) is 0 Å². The second-order valence-electron chi connectivity index (χ2n) is 3.13. The lowest BCUT2D eigenvalue weighted by Gasteiger charge is -2.13. The zero-order chi connectivity index (χ0) is 9.84. The predicted octanol–water partition coefficient (Wildman–Crippen LogP) is -1.58. The first kappa shape index (κ1) is 10.2. The van der Waals surface area contributed by atoms with Crippen LogP contribution in [0.5, 0.6) is 0 Å². The van der Waals surface area contributed by atoms with Crippen LogP contribution in [0.4, 0.5) is 0 Å². The maximum atomic E-state index is 9.44. The molecule has 0 bridgehead atoms. The van der Waals surface area contributed by atoms with Gasteiger partial charge in [-0.2, -0.15) is 0 Å². The summed E-state index contributed by atoms with van der Waals surface area (Å²) >= 11 is 0. The number of aliphatic hydroxyl groups is 1. The van der Waals surface area contributed by atoms with Crippen LogP contribution >= 0.6 is 0 Å². The van der Waals surface area contributed by atoms with Gasteiger partial charge in [-0.1, -0.05) is 5.16 Å². The standard InChI is InChI=1S/C7H15N3O3/c1-13-6-3-10(2-5(6)11)4-7(8)9-12/h5-6,11-12H,2-4H2,1H3,(H2,8,9). The van der Waals surface area contributed by atoms with E-state index in [1.807, 2.05) is 4.90 Å². The molecule has 0 aromatic heterocycles. The monoisotopic (exact) mass is 189 g/mol. The first-order valence-electron chi connectivity index (χ1n) is 4.07. The van der Waals surface area contributed by atoms with Gasteiger partial charge in [0.15, 0.2) is 5.84 Å². The van der Waals surface area contributed by atoms with E-state index >= 15 is 0 Å². The Hall–Kier alpha value is -0.850. The van der Waals surface area contributed by atoms with Crippen LogP contribution in [-0.4, -0.2) is 60.0 Å². The Morgan fingerprint density at radius 1 is 1.69 bits per heavy atom. The number of aliphatic hydroxyl groups excluding tert-OH is 1. The summed E-state index contributed by atoms with van der Waals surface area (Å²) in [5.41, 5.74) is 5.32. The smallest absolute Gasteiger partial charge is 0.153 e. The number of rotatable bonds is 3. The van der Waals surface area contributed by atoms with E-state index < -0.39 is 6.10 Å². The highest BCUT2D eigenvalue weighted by molar-refractivity contribution is 5.81. The Morgan fingerprint density at radius 3 is 2.85 bits per heavy atom. The molecule has 0 radical (unpaired) electrons. The largest absolute Gasteiger partial charge is 0.409 e.